The molecule has 6 nitrogen and oxygen atoms in total. The van der Waals surface area contributed by atoms with Crippen LogP contribution in [0.4, 0.5) is 0 Å². The highest BCUT2D eigenvalue weighted by molar-refractivity contribution is 5.54. The first-order valence-corrected chi connectivity index (χ1v) is 9.51. The molecule has 0 radical (unpaired) electrons. The summed E-state index contributed by atoms with van der Waals surface area (Å²) in [4.78, 5) is 2.09. The minimum Gasteiger partial charge on any atom is -0.497 e. The molecule has 0 aromatic heterocycles. The molecule has 3 rings (SSSR count). The minimum atomic E-state index is -0.00379. The molecule has 152 valence electrons. The molecule has 1 aliphatic heterocycles. The number of hydrogen-bond donors (Lipinski definition) is 1. The number of ether oxygens (including phenoxy) is 4. The molecule has 1 unspecified atom stereocenters. The molecule has 0 amide bonds. The van der Waals surface area contributed by atoms with Crippen molar-refractivity contribution in [3.05, 3.63) is 47.0 Å². The van der Waals surface area contributed by atoms with Gasteiger partial charge in [-0.3, -0.25) is 0 Å². The van der Waals surface area contributed by atoms with E-state index in [1.54, 1.807) is 21.3 Å². The Morgan fingerprint density at radius 2 is 1.71 bits per heavy atom. The molecule has 1 aliphatic rings. The molecule has 1 N–H and O–H groups in total. The van der Waals surface area contributed by atoms with Crippen LogP contribution in [-0.2, 0) is 6.42 Å². The summed E-state index contributed by atoms with van der Waals surface area (Å²) >= 11 is 0. The highest BCUT2D eigenvalue weighted by atomic mass is 16.5. The molecule has 2 aromatic carbocycles. The van der Waals surface area contributed by atoms with Crippen molar-refractivity contribution in [3.8, 4) is 23.0 Å². The lowest BCUT2D eigenvalue weighted by Gasteiger charge is -2.30. The van der Waals surface area contributed by atoms with Crippen LogP contribution in [0.3, 0.4) is 0 Å². The van der Waals surface area contributed by atoms with Crippen LogP contribution in [0.25, 0.3) is 0 Å². The van der Waals surface area contributed by atoms with E-state index in [9.17, 15) is 0 Å². The maximum atomic E-state index is 6.04. The van der Waals surface area contributed by atoms with Crippen LogP contribution < -0.4 is 24.3 Å². The Morgan fingerprint density at radius 1 is 0.929 bits per heavy atom. The van der Waals surface area contributed by atoms with Crippen molar-refractivity contribution in [3.63, 3.8) is 0 Å². The van der Waals surface area contributed by atoms with E-state index in [1.165, 1.54) is 11.1 Å². The summed E-state index contributed by atoms with van der Waals surface area (Å²) in [5.74, 6) is 3.17. The number of hydrogen-bond acceptors (Lipinski definition) is 6. The number of methoxy groups -OCH3 is 3. The maximum Gasteiger partial charge on any atom is 0.161 e. The van der Waals surface area contributed by atoms with Crippen molar-refractivity contribution in [1.82, 2.24) is 10.2 Å². The Morgan fingerprint density at radius 3 is 2.39 bits per heavy atom. The lowest BCUT2D eigenvalue weighted by atomic mass is 9.88. The fourth-order valence-corrected chi connectivity index (χ4v) is 3.52. The van der Waals surface area contributed by atoms with Gasteiger partial charge in [0.2, 0.25) is 0 Å². The maximum absolute atomic E-state index is 6.04. The lowest BCUT2D eigenvalue weighted by molar-refractivity contribution is 0.250. The molecule has 0 spiro atoms. The van der Waals surface area contributed by atoms with Crippen molar-refractivity contribution in [2.24, 2.45) is 0 Å². The third kappa shape index (κ3) is 4.34. The van der Waals surface area contributed by atoms with Crippen LogP contribution in [0.1, 0.15) is 22.7 Å². The summed E-state index contributed by atoms with van der Waals surface area (Å²) in [6.07, 6.45) is 0.937. The smallest absolute Gasteiger partial charge is 0.161 e. The molecule has 6 heteroatoms. The summed E-state index contributed by atoms with van der Waals surface area (Å²) in [5, 5.41) is 3.62. The van der Waals surface area contributed by atoms with Gasteiger partial charge in [-0.2, -0.15) is 0 Å². The average Bonchev–Trinajstić information content (AvgIpc) is 2.72. The van der Waals surface area contributed by atoms with E-state index in [2.05, 4.69) is 22.3 Å². The number of nitrogens with zero attached hydrogens (tertiary/aromatic N) is 1. The van der Waals surface area contributed by atoms with Gasteiger partial charge in [-0.05, 0) is 62.0 Å². The first kappa shape index (κ1) is 20.3. The summed E-state index contributed by atoms with van der Waals surface area (Å²) in [5.41, 5.74) is 3.48. The van der Waals surface area contributed by atoms with Gasteiger partial charge in [0.15, 0.2) is 11.5 Å². The van der Waals surface area contributed by atoms with E-state index in [-0.39, 0.29) is 6.04 Å². The van der Waals surface area contributed by atoms with Gasteiger partial charge in [-0.1, -0.05) is 0 Å². The van der Waals surface area contributed by atoms with Crippen molar-refractivity contribution < 1.29 is 18.9 Å². The van der Waals surface area contributed by atoms with Gasteiger partial charge in [-0.15, -0.1) is 0 Å². The molecule has 0 aliphatic carbocycles. The first-order chi connectivity index (χ1) is 13.6. The minimum absolute atomic E-state index is 0.00379. The van der Waals surface area contributed by atoms with E-state index in [4.69, 9.17) is 18.9 Å². The van der Waals surface area contributed by atoms with E-state index >= 15 is 0 Å². The number of fused-ring (bicyclic) bond motifs is 1. The highest BCUT2D eigenvalue weighted by Gasteiger charge is 2.26. The van der Waals surface area contributed by atoms with Crippen LogP contribution in [-0.4, -0.2) is 60.0 Å². The second-order valence-electron chi connectivity index (χ2n) is 7.10. The second-order valence-corrected chi connectivity index (χ2v) is 7.10. The summed E-state index contributed by atoms with van der Waals surface area (Å²) in [6.45, 7) is 2.32. The van der Waals surface area contributed by atoms with E-state index in [1.807, 2.05) is 32.3 Å². The van der Waals surface area contributed by atoms with E-state index in [0.29, 0.717) is 6.61 Å². The zero-order valence-corrected chi connectivity index (χ0v) is 17.4. The molecule has 0 saturated carbocycles. The molecule has 0 saturated heterocycles. The summed E-state index contributed by atoms with van der Waals surface area (Å²) in [6, 6.07) is 10.1. The molecule has 1 atom stereocenters. The van der Waals surface area contributed by atoms with Crippen LogP contribution in [0.15, 0.2) is 30.3 Å². The standard InChI is InChI=1S/C22H30N2O4/c1-24(2)10-11-28-21-14-17-15(12-20(21)27-5)8-9-23-22(17)18-13-16(25-3)6-7-19(18)26-4/h6-7,12-14,22-23H,8-11H2,1-5H3. The predicted molar refractivity (Wildman–Crippen MR) is 110 cm³/mol. The van der Waals surface area contributed by atoms with E-state index < -0.39 is 0 Å². The molecule has 28 heavy (non-hydrogen) atoms. The molecule has 0 fully saturated rings. The highest BCUT2D eigenvalue weighted by Crippen LogP contribution is 2.40. The Kier molecular flexibility index (Phi) is 6.65. The van der Waals surface area contributed by atoms with E-state index in [0.717, 1.165) is 48.1 Å². The molecular formula is C22H30N2O4. The van der Waals surface area contributed by atoms with Crippen molar-refractivity contribution in [2.45, 2.75) is 12.5 Å². The van der Waals surface area contributed by atoms with Crippen LogP contribution in [0.5, 0.6) is 23.0 Å². The topological polar surface area (TPSA) is 52.2 Å². The number of benzene rings is 2. The summed E-state index contributed by atoms with van der Waals surface area (Å²) in [7, 11) is 9.11. The number of nitrogens with one attached hydrogen (secondary N) is 1. The van der Waals surface area contributed by atoms with Gasteiger partial charge in [0.25, 0.3) is 0 Å². The third-order valence-corrected chi connectivity index (χ3v) is 5.02. The van der Waals surface area contributed by atoms with Crippen molar-refractivity contribution in [2.75, 3.05) is 55.1 Å². The normalized spacial score (nSPS) is 15.9. The Hall–Kier alpha value is -2.44. The Bertz CT molecular complexity index is 807. The van der Waals surface area contributed by atoms with Crippen LogP contribution in [0, 0.1) is 0 Å². The van der Waals surface area contributed by atoms with Gasteiger partial charge >= 0.3 is 0 Å². The van der Waals surface area contributed by atoms with Crippen LogP contribution >= 0.6 is 0 Å². The largest absolute Gasteiger partial charge is 0.497 e. The zero-order valence-electron chi connectivity index (χ0n) is 17.4. The van der Waals surface area contributed by atoms with Crippen molar-refractivity contribution in [1.29, 1.82) is 0 Å². The number of likely N-dealkylation sites (N-methyl/N-ethyl adjacent to an activating group) is 1. The quantitative estimate of drug-likeness (QED) is 0.753. The first-order valence-electron chi connectivity index (χ1n) is 9.51. The molecular weight excluding hydrogens is 356 g/mol. The van der Waals surface area contributed by atoms with Crippen molar-refractivity contribution >= 4 is 0 Å². The second kappa shape index (κ2) is 9.17. The molecule has 0 bridgehead atoms. The van der Waals surface area contributed by atoms with Gasteiger partial charge in [-0.25, -0.2) is 0 Å². The molecule has 2 aromatic rings. The summed E-state index contributed by atoms with van der Waals surface area (Å²) < 4.78 is 22.7. The predicted octanol–water partition coefficient (Wildman–Crippen LogP) is 2.89. The van der Waals surface area contributed by atoms with Gasteiger partial charge in [0.05, 0.1) is 27.4 Å². The monoisotopic (exact) mass is 386 g/mol. The van der Waals surface area contributed by atoms with Gasteiger partial charge in [0, 0.05) is 18.7 Å². The van der Waals surface area contributed by atoms with Crippen LogP contribution in [0.2, 0.25) is 0 Å². The zero-order chi connectivity index (χ0) is 20.1. The Balaban J connectivity index is 2.00. The SMILES string of the molecule is COc1ccc(OC)c(C2NCCc3cc(OC)c(OCCN(C)C)cc32)c1. The average molecular weight is 386 g/mol. The number of rotatable bonds is 8. The fraction of sp³-hybridized carbons (Fsp3) is 0.455. The third-order valence-electron chi connectivity index (χ3n) is 5.02. The van der Waals surface area contributed by atoms with Gasteiger partial charge < -0.3 is 29.2 Å². The molecule has 1 heterocycles. The Labute approximate surface area is 167 Å². The fourth-order valence-electron chi connectivity index (χ4n) is 3.52. The van der Waals surface area contributed by atoms with Gasteiger partial charge in [0.1, 0.15) is 18.1 Å². The lowest BCUT2D eigenvalue weighted by Crippen LogP contribution is -2.31.